The number of rotatable bonds is 4. The van der Waals surface area contributed by atoms with E-state index in [1.807, 2.05) is 6.92 Å². The molecule has 0 aromatic carbocycles. The van der Waals surface area contributed by atoms with Crippen molar-refractivity contribution >= 4 is 11.9 Å². The highest BCUT2D eigenvalue weighted by atomic mass is 16.7. The summed E-state index contributed by atoms with van der Waals surface area (Å²) in [5, 5.41) is 67.4. The Labute approximate surface area is 244 Å². The molecule has 0 spiro atoms. The third-order valence-electron chi connectivity index (χ3n) is 12.2. The first-order valence-electron chi connectivity index (χ1n) is 15.2. The van der Waals surface area contributed by atoms with Crippen LogP contribution in [0.3, 0.4) is 0 Å². The second kappa shape index (κ2) is 10.2. The van der Waals surface area contributed by atoms with Crippen LogP contribution in [-0.2, 0) is 28.5 Å². The Morgan fingerprint density at radius 3 is 2.40 bits per heavy atom. The molecule has 42 heavy (non-hydrogen) atoms. The molecule has 2 aliphatic heterocycles. The molecule has 0 bridgehead atoms. The van der Waals surface area contributed by atoms with Crippen LogP contribution in [0.1, 0.15) is 65.2 Å². The summed E-state index contributed by atoms with van der Waals surface area (Å²) in [6.45, 7) is 3.67. The van der Waals surface area contributed by atoms with Crippen molar-refractivity contribution in [3.8, 4) is 0 Å². The molecule has 0 amide bonds. The van der Waals surface area contributed by atoms with Gasteiger partial charge in [0.1, 0.15) is 30.3 Å². The lowest BCUT2D eigenvalue weighted by molar-refractivity contribution is -0.322. The number of esters is 2. The molecule has 0 aromatic heterocycles. The summed E-state index contributed by atoms with van der Waals surface area (Å²) in [4.78, 5) is 25.6. The van der Waals surface area contributed by atoms with Crippen LogP contribution in [0.25, 0.3) is 0 Å². The van der Waals surface area contributed by atoms with Gasteiger partial charge in [0, 0.05) is 23.8 Å². The lowest BCUT2D eigenvalue weighted by atomic mass is 9.40. The Hall–Kier alpha value is -1.64. The van der Waals surface area contributed by atoms with Gasteiger partial charge in [-0.05, 0) is 69.3 Å². The smallest absolute Gasteiger partial charge is 0.331 e. The van der Waals surface area contributed by atoms with Crippen LogP contribution in [0.5, 0.6) is 0 Å². The number of ether oxygens (including phenoxy) is 4. The van der Waals surface area contributed by atoms with Crippen molar-refractivity contribution < 1.29 is 59.2 Å². The number of aliphatic hydroxyl groups is 6. The molecule has 12 heteroatoms. The first kappa shape index (κ1) is 30.4. The van der Waals surface area contributed by atoms with E-state index in [9.17, 15) is 40.2 Å². The number of fused-ring (bicyclic) bond motifs is 5. The van der Waals surface area contributed by atoms with Crippen molar-refractivity contribution in [3.05, 3.63) is 11.6 Å². The van der Waals surface area contributed by atoms with Crippen LogP contribution in [0.15, 0.2) is 11.6 Å². The van der Waals surface area contributed by atoms with E-state index in [0.29, 0.717) is 19.3 Å². The molecule has 12 nitrogen and oxygen atoms in total. The average molecular weight is 597 g/mol. The summed E-state index contributed by atoms with van der Waals surface area (Å²) in [5.74, 6) is -2.51. The van der Waals surface area contributed by atoms with Crippen molar-refractivity contribution in [2.75, 3.05) is 13.7 Å². The topological polar surface area (TPSA) is 192 Å². The normalized spacial score (nSPS) is 53.8. The number of aliphatic hydroxyl groups excluding tert-OH is 4. The van der Waals surface area contributed by atoms with Crippen LogP contribution in [-0.4, -0.2) is 110 Å². The summed E-state index contributed by atoms with van der Waals surface area (Å²) in [7, 11) is 1.26. The van der Waals surface area contributed by atoms with Gasteiger partial charge in [-0.15, -0.1) is 0 Å². The van der Waals surface area contributed by atoms with Crippen LogP contribution in [0.4, 0.5) is 0 Å². The number of carbonyl (C=O) groups is 2. The van der Waals surface area contributed by atoms with Gasteiger partial charge in [0.05, 0.1) is 36.6 Å². The fraction of sp³-hybridized carbons (Fsp3) is 0.867. The first-order valence-corrected chi connectivity index (χ1v) is 15.2. The molecular weight excluding hydrogens is 552 g/mol. The van der Waals surface area contributed by atoms with Gasteiger partial charge in [-0.1, -0.05) is 6.92 Å². The second-order valence-electron chi connectivity index (χ2n) is 13.9. The zero-order chi connectivity index (χ0) is 30.4. The van der Waals surface area contributed by atoms with E-state index in [2.05, 4.69) is 0 Å². The first-order chi connectivity index (χ1) is 19.7. The zero-order valence-electron chi connectivity index (χ0n) is 24.3. The molecule has 6 rings (SSSR count). The lowest BCUT2D eigenvalue weighted by Gasteiger charge is -2.66. The minimum atomic E-state index is -1.65. The summed E-state index contributed by atoms with van der Waals surface area (Å²) in [6, 6.07) is 0. The van der Waals surface area contributed by atoms with E-state index in [1.165, 1.54) is 13.2 Å². The van der Waals surface area contributed by atoms with Crippen molar-refractivity contribution in [2.45, 2.75) is 119 Å². The molecule has 5 fully saturated rings. The maximum atomic E-state index is 13.8. The highest BCUT2D eigenvalue weighted by molar-refractivity contribution is 5.85. The second-order valence-corrected chi connectivity index (χ2v) is 13.9. The van der Waals surface area contributed by atoms with Gasteiger partial charge in [-0.3, -0.25) is 4.79 Å². The zero-order valence-corrected chi connectivity index (χ0v) is 24.3. The van der Waals surface area contributed by atoms with E-state index < -0.39 is 88.7 Å². The lowest BCUT2D eigenvalue weighted by Crippen LogP contribution is -2.73. The number of hydrogen-bond acceptors (Lipinski definition) is 12. The van der Waals surface area contributed by atoms with Gasteiger partial charge in [-0.2, -0.15) is 0 Å². The van der Waals surface area contributed by atoms with Gasteiger partial charge >= 0.3 is 11.9 Å². The fourth-order valence-corrected chi connectivity index (χ4v) is 10.1. The van der Waals surface area contributed by atoms with Gasteiger partial charge in [0.15, 0.2) is 6.29 Å². The largest absolute Gasteiger partial charge is 0.468 e. The Morgan fingerprint density at radius 1 is 1.00 bits per heavy atom. The third-order valence-corrected chi connectivity index (χ3v) is 12.2. The third kappa shape index (κ3) is 4.02. The molecule has 1 saturated heterocycles. The van der Waals surface area contributed by atoms with Crippen molar-refractivity contribution in [2.24, 2.45) is 28.6 Å². The minimum Gasteiger partial charge on any atom is -0.468 e. The molecule has 0 aromatic rings. The van der Waals surface area contributed by atoms with Crippen LogP contribution >= 0.6 is 0 Å². The summed E-state index contributed by atoms with van der Waals surface area (Å²) >= 11 is 0. The highest BCUT2D eigenvalue weighted by Crippen LogP contribution is 2.71. The van der Waals surface area contributed by atoms with Crippen molar-refractivity contribution in [3.63, 3.8) is 0 Å². The number of methoxy groups -OCH3 is 1. The summed E-state index contributed by atoms with van der Waals surface area (Å²) in [5.41, 5.74) is -4.37. The average Bonchev–Trinajstić information content (AvgIpc) is 3.49. The standard InChI is InChI=1S/C30H44O12/c1-14-22(33)23(34)24(35)25(41-14)42-16-4-8-29(26(36)39-3)21-18(5-7-28(29,37)11-16)30(38)9-6-17(15-10-20(32)40-13-15)27(30,2)12-19(21)31/h10,14,16-19,21-25,31,33-35,37-38H,4-9,11-13H2,1-3H3/t14-,16-,17+,18-,19+,21+,22+,23+,24+,25+,27+,28-,29+,30-/m0/s1. The minimum absolute atomic E-state index is 0.0116. The predicted molar refractivity (Wildman–Crippen MR) is 142 cm³/mol. The SMILES string of the molecule is COC(=O)[C@]12CC[C@H](O[C@H]3O[C@@H](C)[C@@H](O)[C@@H](O)[C@H]3O)C[C@@]1(O)CC[C@H]1[C@@H]2[C@H](O)C[C@]2(C)[C@@H](C3=CC(=O)OC3)CC[C@]12O. The molecule has 2 heterocycles. The Balaban J connectivity index is 1.30. The molecule has 6 aliphatic rings. The van der Waals surface area contributed by atoms with Gasteiger partial charge < -0.3 is 49.6 Å². The molecule has 6 N–H and O–H groups in total. The van der Waals surface area contributed by atoms with Gasteiger partial charge in [0.25, 0.3) is 0 Å². The molecule has 0 radical (unpaired) electrons. The summed E-state index contributed by atoms with van der Waals surface area (Å²) in [6.07, 6.45) is -4.44. The number of hydrogen-bond donors (Lipinski definition) is 6. The van der Waals surface area contributed by atoms with E-state index in [-0.39, 0.29) is 44.6 Å². The van der Waals surface area contributed by atoms with E-state index in [1.54, 1.807) is 6.92 Å². The van der Waals surface area contributed by atoms with Crippen molar-refractivity contribution in [1.29, 1.82) is 0 Å². The van der Waals surface area contributed by atoms with Crippen LogP contribution in [0.2, 0.25) is 0 Å². The van der Waals surface area contributed by atoms with E-state index in [0.717, 1.165) is 5.57 Å². The highest BCUT2D eigenvalue weighted by Gasteiger charge is 2.76. The van der Waals surface area contributed by atoms with E-state index >= 15 is 0 Å². The fourth-order valence-electron chi connectivity index (χ4n) is 10.1. The Morgan fingerprint density at radius 2 is 1.74 bits per heavy atom. The quantitative estimate of drug-likeness (QED) is 0.184. The predicted octanol–water partition coefficient (Wildman–Crippen LogP) is -0.305. The molecule has 0 unspecified atom stereocenters. The molecule has 236 valence electrons. The molecule has 14 atom stereocenters. The van der Waals surface area contributed by atoms with Gasteiger partial charge in [0.2, 0.25) is 0 Å². The molecule has 4 aliphatic carbocycles. The number of cyclic esters (lactones) is 1. The summed E-state index contributed by atoms with van der Waals surface area (Å²) < 4.78 is 22.1. The number of carbonyl (C=O) groups excluding carboxylic acids is 2. The van der Waals surface area contributed by atoms with Crippen molar-refractivity contribution in [1.82, 2.24) is 0 Å². The van der Waals surface area contributed by atoms with Crippen LogP contribution in [0, 0.1) is 28.6 Å². The Kier molecular flexibility index (Phi) is 7.38. The maximum absolute atomic E-state index is 13.8. The van der Waals surface area contributed by atoms with Crippen LogP contribution < -0.4 is 0 Å². The molecule has 4 saturated carbocycles. The molecular formula is C30H44O12. The maximum Gasteiger partial charge on any atom is 0.331 e. The monoisotopic (exact) mass is 596 g/mol. The Bertz CT molecular complexity index is 1140. The van der Waals surface area contributed by atoms with E-state index in [4.69, 9.17) is 18.9 Å². The van der Waals surface area contributed by atoms with Gasteiger partial charge in [-0.25, -0.2) is 4.79 Å².